The van der Waals surface area contributed by atoms with E-state index in [-0.39, 0.29) is 5.56 Å². The molecule has 0 aliphatic rings. The normalized spacial score (nSPS) is 11.7. The molecule has 0 unspecified atom stereocenters. The van der Waals surface area contributed by atoms with Crippen LogP contribution in [0.2, 0.25) is 0 Å². The summed E-state index contributed by atoms with van der Waals surface area (Å²) >= 11 is 0. The highest BCUT2D eigenvalue weighted by Gasteiger charge is 2.06. The molecule has 0 atom stereocenters. The van der Waals surface area contributed by atoms with Crippen molar-refractivity contribution in [1.82, 2.24) is 29.5 Å². The molecule has 19 heavy (non-hydrogen) atoms. The van der Waals surface area contributed by atoms with Gasteiger partial charge in [0.2, 0.25) is 0 Å². The van der Waals surface area contributed by atoms with Crippen molar-refractivity contribution < 1.29 is 0 Å². The number of rotatable bonds is 2. The maximum absolute atomic E-state index is 11.8. The van der Waals surface area contributed by atoms with Crippen LogP contribution in [0, 0.1) is 0 Å². The number of hydrogen-bond donors (Lipinski definition) is 1. The molecule has 0 aliphatic carbocycles. The van der Waals surface area contributed by atoms with E-state index in [1.807, 2.05) is 19.3 Å². The third-order valence-corrected chi connectivity index (χ3v) is 2.77. The molecule has 1 N–H and O–H groups in total. The zero-order chi connectivity index (χ0) is 13.4. The molecule has 3 aromatic rings. The van der Waals surface area contributed by atoms with Crippen LogP contribution in [0.25, 0.3) is 23.2 Å². The molecule has 7 heteroatoms. The zero-order valence-electron chi connectivity index (χ0n) is 10.5. The highest BCUT2D eigenvalue weighted by atomic mass is 16.1. The topological polar surface area (TPSA) is 81.4 Å². The third kappa shape index (κ3) is 2.05. The van der Waals surface area contributed by atoms with Gasteiger partial charge in [-0.15, -0.1) is 0 Å². The summed E-state index contributed by atoms with van der Waals surface area (Å²) in [6.07, 6.45) is 6.87. The van der Waals surface area contributed by atoms with E-state index in [4.69, 9.17) is 0 Å². The Hall–Kier alpha value is -2.70. The van der Waals surface area contributed by atoms with Crippen LogP contribution < -0.4 is 5.56 Å². The van der Waals surface area contributed by atoms with Gasteiger partial charge >= 0.3 is 0 Å². The molecule has 7 nitrogen and oxygen atoms in total. The van der Waals surface area contributed by atoms with Gasteiger partial charge in [-0.2, -0.15) is 10.2 Å². The maximum Gasteiger partial charge on any atom is 0.262 e. The molecule has 96 valence electrons. The van der Waals surface area contributed by atoms with E-state index in [2.05, 4.69) is 20.2 Å². The molecule has 0 aliphatic heterocycles. The Morgan fingerprint density at radius 3 is 2.89 bits per heavy atom. The first kappa shape index (κ1) is 11.4. The molecule has 0 saturated carbocycles. The zero-order valence-corrected chi connectivity index (χ0v) is 10.5. The average Bonchev–Trinajstić information content (AvgIpc) is 2.95. The van der Waals surface area contributed by atoms with Gasteiger partial charge in [0.1, 0.15) is 11.2 Å². The van der Waals surface area contributed by atoms with Crippen LogP contribution in [0.4, 0.5) is 0 Å². The summed E-state index contributed by atoms with van der Waals surface area (Å²) in [7, 11) is 3.60. The third-order valence-electron chi connectivity index (χ3n) is 2.77. The molecular formula is C12H12N6O. The lowest BCUT2D eigenvalue weighted by atomic mass is 10.3. The van der Waals surface area contributed by atoms with Gasteiger partial charge in [0, 0.05) is 20.3 Å². The van der Waals surface area contributed by atoms with E-state index >= 15 is 0 Å². The van der Waals surface area contributed by atoms with Crippen LogP contribution in [0.15, 0.2) is 23.3 Å². The van der Waals surface area contributed by atoms with E-state index in [9.17, 15) is 4.79 Å². The van der Waals surface area contributed by atoms with Crippen LogP contribution in [0.5, 0.6) is 0 Å². The second-order valence-electron chi connectivity index (χ2n) is 4.20. The monoisotopic (exact) mass is 256 g/mol. The maximum atomic E-state index is 11.8. The number of aryl methyl sites for hydroxylation is 2. The fourth-order valence-electron chi connectivity index (χ4n) is 1.81. The van der Waals surface area contributed by atoms with Crippen LogP contribution in [-0.2, 0) is 14.1 Å². The van der Waals surface area contributed by atoms with Crippen molar-refractivity contribution in [3.8, 4) is 0 Å². The van der Waals surface area contributed by atoms with Gasteiger partial charge in [-0.3, -0.25) is 14.2 Å². The number of aromatic nitrogens is 6. The second-order valence-corrected chi connectivity index (χ2v) is 4.20. The van der Waals surface area contributed by atoms with E-state index in [0.29, 0.717) is 16.9 Å². The van der Waals surface area contributed by atoms with Crippen molar-refractivity contribution in [3.63, 3.8) is 0 Å². The standard InChI is InChI=1S/C12H12N6O/c1-17-6-5-8(16-17)3-4-10-14-11-9(12(19)15-10)7-13-18(11)2/h3-7H,1-2H3,(H,14,15,19). The summed E-state index contributed by atoms with van der Waals surface area (Å²) in [5, 5.41) is 8.71. The van der Waals surface area contributed by atoms with Gasteiger partial charge in [0.15, 0.2) is 5.65 Å². The van der Waals surface area contributed by atoms with Gasteiger partial charge < -0.3 is 4.98 Å². The number of hydrogen-bond acceptors (Lipinski definition) is 4. The first-order chi connectivity index (χ1) is 9.13. The van der Waals surface area contributed by atoms with E-state index < -0.39 is 0 Å². The van der Waals surface area contributed by atoms with E-state index in [1.54, 1.807) is 28.6 Å². The van der Waals surface area contributed by atoms with Gasteiger partial charge in [-0.1, -0.05) is 0 Å². The molecule has 0 spiro atoms. The highest BCUT2D eigenvalue weighted by molar-refractivity contribution is 5.75. The first-order valence-electron chi connectivity index (χ1n) is 5.73. The second kappa shape index (κ2) is 4.20. The lowest BCUT2D eigenvalue weighted by Crippen LogP contribution is -2.09. The predicted octanol–water partition coefficient (Wildman–Crippen LogP) is 0.560. The van der Waals surface area contributed by atoms with Gasteiger partial charge in [0.25, 0.3) is 5.56 Å². The molecule has 0 fully saturated rings. The molecular weight excluding hydrogens is 244 g/mol. The molecule has 0 radical (unpaired) electrons. The minimum Gasteiger partial charge on any atom is -0.306 e. The van der Waals surface area contributed by atoms with Gasteiger partial charge in [-0.25, -0.2) is 4.98 Å². The largest absolute Gasteiger partial charge is 0.306 e. The summed E-state index contributed by atoms with van der Waals surface area (Å²) in [6.45, 7) is 0. The molecule has 0 aromatic carbocycles. The molecule has 3 aromatic heterocycles. The lowest BCUT2D eigenvalue weighted by molar-refractivity contribution is 0.764. The Balaban J connectivity index is 2.03. The summed E-state index contributed by atoms with van der Waals surface area (Å²) in [5.41, 5.74) is 1.17. The molecule has 0 saturated heterocycles. The van der Waals surface area contributed by atoms with Crippen LogP contribution in [0.3, 0.4) is 0 Å². The Morgan fingerprint density at radius 2 is 2.16 bits per heavy atom. The fraction of sp³-hybridized carbons (Fsp3) is 0.167. The van der Waals surface area contributed by atoms with Gasteiger partial charge in [0.05, 0.1) is 11.9 Å². The smallest absolute Gasteiger partial charge is 0.262 e. The van der Waals surface area contributed by atoms with Crippen molar-refractivity contribution in [2.24, 2.45) is 14.1 Å². The minimum atomic E-state index is -0.196. The minimum absolute atomic E-state index is 0.196. The number of nitrogens with one attached hydrogen (secondary N) is 1. The predicted molar refractivity (Wildman–Crippen MR) is 71.3 cm³/mol. The van der Waals surface area contributed by atoms with E-state index in [0.717, 1.165) is 5.69 Å². The van der Waals surface area contributed by atoms with Crippen molar-refractivity contribution in [2.45, 2.75) is 0 Å². The van der Waals surface area contributed by atoms with E-state index in [1.165, 1.54) is 6.20 Å². The SMILES string of the molecule is Cn1ccc(C=Cc2nc3c(cnn3C)c(=O)[nH]2)n1. The van der Waals surface area contributed by atoms with Crippen molar-refractivity contribution in [2.75, 3.05) is 0 Å². The van der Waals surface area contributed by atoms with Crippen LogP contribution in [-0.4, -0.2) is 29.5 Å². The Bertz CT molecular complexity index is 822. The number of nitrogens with zero attached hydrogens (tertiary/aromatic N) is 5. The number of H-pyrrole nitrogens is 1. The quantitative estimate of drug-likeness (QED) is 0.726. The molecule has 3 heterocycles. The summed E-state index contributed by atoms with van der Waals surface area (Å²) in [4.78, 5) is 18.9. The van der Waals surface area contributed by atoms with Crippen molar-refractivity contribution in [3.05, 3.63) is 40.3 Å². The fourth-order valence-corrected chi connectivity index (χ4v) is 1.81. The summed E-state index contributed by atoms with van der Waals surface area (Å²) in [6, 6.07) is 1.87. The van der Waals surface area contributed by atoms with Gasteiger partial charge in [-0.05, 0) is 18.2 Å². The average molecular weight is 256 g/mol. The number of fused-ring (bicyclic) bond motifs is 1. The molecule has 0 bridgehead atoms. The first-order valence-corrected chi connectivity index (χ1v) is 5.73. The Labute approximate surface area is 108 Å². The summed E-state index contributed by atoms with van der Waals surface area (Å²) in [5.74, 6) is 0.478. The number of aromatic amines is 1. The molecule has 0 amide bonds. The van der Waals surface area contributed by atoms with Crippen molar-refractivity contribution in [1.29, 1.82) is 0 Å². The highest BCUT2D eigenvalue weighted by Crippen LogP contribution is 2.06. The van der Waals surface area contributed by atoms with Crippen molar-refractivity contribution >= 4 is 23.2 Å². The Kier molecular flexibility index (Phi) is 2.52. The lowest BCUT2D eigenvalue weighted by Gasteiger charge is -1.95. The molecule has 3 rings (SSSR count). The van der Waals surface area contributed by atoms with Crippen LogP contribution in [0.1, 0.15) is 11.5 Å². The summed E-state index contributed by atoms with van der Waals surface area (Å²) < 4.78 is 3.28. The van der Waals surface area contributed by atoms with Crippen LogP contribution >= 0.6 is 0 Å². The Morgan fingerprint density at radius 1 is 1.32 bits per heavy atom.